The van der Waals surface area contributed by atoms with E-state index in [4.69, 9.17) is 4.74 Å². The van der Waals surface area contributed by atoms with Gasteiger partial charge in [-0.3, -0.25) is 4.79 Å². The highest BCUT2D eigenvalue weighted by molar-refractivity contribution is 7.89. The van der Waals surface area contributed by atoms with Crippen LogP contribution >= 0.6 is 0 Å². The molecule has 0 aliphatic carbocycles. The van der Waals surface area contributed by atoms with Crippen molar-refractivity contribution in [2.24, 2.45) is 5.92 Å². The zero-order valence-electron chi connectivity index (χ0n) is 18.4. The molecule has 1 N–H and O–H groups in total. The zero-order chi connectivity index (χ0) is 24.2. The van der Waals surface area contributed by atoms with Crippen molar-refractivity contribution < 1.29 is 31.5 Å². The molecule has 2 aromatic carbocycles. The van der Waals surface area contributed by atoms with Crippen LogP contribution in [0.2, 0.25) is 0 Å². The van der Waals surface area contributed by atoms with Crippen LogP contribution in [0.5, 0.6) is 0 Å². The molecule has 0 radical (unpaired) electrons. The number of amides is 1. The minimum atomic E-state index is -3.78. The number of carbonyl (C=O) groups is 2. The molecule has 1 fully saturated rings. The molecule has 1 unspecified atom stereocenters. The summed E-state index contributed by atoms with van der Waals surface area (Å²) in [4.78, 5) is 24.4. The standard InChI is InChI=1S/C23H26F2N2O5S/c1-3-32-23(29)17-4-7-19(8-5-17)33(30,31)27-12-10-16(11-13-27)22(28)26-15(2)20-14-18(24)6-9-21(20)25/h4-9,14-16H,3,10-13H2,1-2H3,(H,26,28). The fraction of sp³-hybridized carbons (Fsp3) is 0.391. The molecule has 1 amide bonds. The smallest absolute Gasteiger partial charge is 0.338 e. The molecule has 3 rings (SSSR count). The Hall–Kier alpha value is -2.85. The molecular weight excluding hydrogens is 454 g/mol. The average molecular weight is 481 g/mol. The van der Waals surface area contributed by atoms with Crippen LogP contribution in [-0.4, -0.2) is 44.3 Å². The lowest BCUT2D eigenvalue weighted by atomic mass is 9.96. The number of rotatable bonds is 7. The van der Waals surface area contributed by atoms with Gasteiger partial charge in [0.05, 0.1) is 23.1 Å². The van der Waals surface area contributed by atoms with E-state index in [9.17, 15) is 26.8 Å². The van der Waals surface area contributed by atoms with E-state index in [-0.39, 0.29) is 41.6 Å². The number of carbonyl (C=O) groups excluding carboxylic acids is 2. The van der Waals surface area contributed by atoms with Crippen molar-refractivity contribution in [1.29, 1.82) is 0 Å². The topological polar surface area (TPSA) is 92.8 Å². The van der Waals surface area contributed by atoms with Crippen LogP contribution in [0.25, 0.3) is 0 Å². The van der Waals surface area contributed by atoms with E-state index in [1.165, 1.54) is 28.6 Å². The third-order valence-corrected chi connectivity index (χ3v) is 7.52. The normalized spacial score (nSPS) is 16.2. The molecular formula is C23H26F2N2O5S. The van der Waals surface area contributed by atoms with Gasteiger partial charge >= 0.3 is 5.97 Å². The van der Waals surface area contributed by atoms with Crippen LogP contribution < -0.4 is 5.32 Å². The molecule has 2 aromatic rings. The summed E-state index contributed by atoms with van der Waals surface area (Å²) in [7, 11) is -3.78. The maximum atomic E-state index is 13.9. The molecule has 0 saturated carbocycles. The largest absolute Gasteiger partial charge is 0.462 e. The summed E-state index contributed by atoms with van der Waals surface area (Å²) in [6.07, 6.45) is 0.592. The van der Waals surface area contributed by atoms with Crippen molar-refractivity contribution in [2.45, 2.75) is 37.6 Å². The number of benzene rings is 2. The molecule has 1 heterocycles. The van der Waals surface area contributed by atoms with Gasteiger partial charge in [0.25, 0.3) is 0 Å². The molecule has 1 atom stereocenters. The molecule has 10 heteroatoms. The summed E-state index contributed by atoms with van der Waals surface area (Å²) in [6.45, 7) is 3.75. The molecule has 178 valence electrons. The molecule has 33 heavy (non-hydrogen) atoms. The second-order valence-corrected chi connectivity index (χ2v) is 9.76. The van der Waals surface area contributed by atoms with E-state index in [0.717, 1.165) is 18.2 Å². The number of piperidine rings is 1. The minimum Gasteiger partial charge on any atom is -0.462 e. The monoisotopic (exact) mass is 480 g/mol. The van der Waals surface area contributed by atoms with E-state index in [2.05, 4.69) is 5.32 Å². The van der Waals surface area contributed by atoms with Gasteiger partial charge in [-0.15, -0.1) is 0 Å². The maximum Gasteiger partial charge on any atom is 0.338 e. The van der Waals surface area contributed by atoms with Crippen molar-refractivity contribution in [3.05, 3.63) is 65.2 Å². The third kappa shape index (κ3) is 5.75. The molecule has 7 nitrogen and oxygen atoms in total. The highest BCUT2D eigenvalue weighted by atomic mass is 32.2. The highest BCUT2D eigenvalue weighted by Crippen LogP contribution is 2.26. The van der Waals surface area contributed by atoms with Gasteiger partial charge < -0.3 is 10.1 Å². The number of hydrogen-bond donors (Lipinski definition) is 1. The van der Waals surface area contributed by atoms with Crippen molar-refractivity contribution in [3.8, 4) is 0 Å². The number of hydrogen-bond acceptors (Lipinski definition) is 5. The van der Waals surface area contributed by atoms with Gasteiger partial charge in [0.1, 0.15) is 11.6 Å². The van der Waals surface area contributed by atoms with Crippen molar-refractivity contribution >= 4 is 21.9 Å². The lowest BCUT2D eigenvalue weighted by Gasteiger charge is -2.31. The second-order valence-electron chi connectivity index (χ2n) is 7.82. The summed E-state index contributed by atoms with van der Waals surface area (Å²) in [5, 5.41) is 2.69. The fourth-order valence-electron chi connectivity index (χ4n) is 3.74. The summed E-state index contributed by atoms with van der Waals surface area (Å²) < 4.78 is 59.4. The molecule has 0 aromatic heterocycles. The van der Waals surface area contributed by atoms with Gasteiger partial charge in [-0.05, 0) is 69.2 Å². The maximum absolute atomic E-state index is 13.9. The van der Waals surface area contributed by atoms with Gasteiger partial charge in [-0.1, -0.05) is 0 Å². The molecule has 1 aliphatic heterocycles. The predicted molar refractivity (Wildman–Crippen MR) is 117 cm³/mol. The Morgan fingerprint density at radius 2 is 1.76 bits per heavy atom. The average Bonchev–Trinajstić information content (AvgIpc) is 2.80. The van der Waals surface area contributed by atoms with Crippen LogP contribution in [0.3, 0.4) is 0 Å². The van der Waals surface area contributed by atoms with Crippen LogP contribution in [-0.2, 0) is 19.6 Å². The number of nitrogens with one attached hydrogen (secondary N) is 1. The van der Waals surface area contributed by atoms with Crippen molar-refractivity contribution in [2.75, 3.05) is 19.7 Å². The van der Waals surface area contributed by atoms with E-state index in [1.807, 2.05) is 0 Å². The van der Waals surface area contributed by atoms with Crippen molar-refractivity contribution in [1.82, 2.24) is 9.62 Å². The molecule has 0 spiro atoms. The fourth-order valence-corrected chi connectivity index (χ4v) is 5.21. The van der Waals surface area contributed by atoms with Crippen LogP contribution in [0.1, 0.15) is 48.7 Å². The molecule has 0 bridgehead atoms. The minimum absolute atomic E-state index is 0.0497. The predicted octanol–water partition coefficient (Wildman–Crippen LogP) is 3.42. The summed E-state index contributed by atoms with van der Waals surface area (Å²) in [5.74, 6) is -2.51. The Morgan fingerprint density at radius 3 is 2.36 bits per heavy atom. The Balaban J connectivity index is 1.60. The number of esters is 1. The Bertz CT molecular complexity index is 1110. The first-order chi connectivity index (χ1) is 15.6. The quantitative estimate of drug-likeness (QED) is 0.613. The molecule has 1 aliphatic rings. The lowest BCUT2D eigenvalue weighted by molar-refractivity contribution is -0.126. The van der Waals surface area contributed by atoms with E-state index in [1.54, 1.807) is 13.8 Å². The summed E-state index contributed by atoms with van der Waals surface area (Å²) in [6, 6.07) is 7.85. The van der Waals surface area contributed by atoms with E-state index >= 15 is 0 Å². The third-order valence-electron chi connectivity index (χ3n) is 5.61. The Kier molecular flexibility index (Phi) is 7.80. The van der Waals surface area contributed by atoms with Gasteiger partial charge in [0, 0.05) is 24.6 Å². The number of halogens is 2. The van der Waals surface area contributed by atoms with Gasteiger partial charge in [0.2, 0.25) is 15.9 Å². The number of sulfonamides is 1. The van der Waals surface area contributed by atoms with Crippen LogP contribution in [0, 0.1) is 17.6 Å². The highest BCUT2D eigenvalue weighted by Gasteiger charge is 2.32. The Morgan fingerprint density at radius 1 is 1.12 bits per heavy atom. The van der Waals surface area contributed by atoms with E-state index in [0.29, 0.717) is 12.8 Å². The first-order valence-electron chi connectivity index (χ1n) is 10.7. The zero-order valence-corrected chi connectivity index (χ0v) is 19.2. The van der Waals surface area contributed by atoms with E-state index < -0.39 is 39.6 Å². The van der Waals surface area contributed by atoms with Gasteiger partial charge in [0.15, 0.2) is 0 Å². The van der Waals surface area contributed by atoms with Gasteiger partial charge in [-0.25, -0.2) is 22.0 Å². The number of ether oxygens (including phenoxy) is 1. The second kappa shape index (κ2) is 10.4. The SMILES string of the molecule is CCOC(=O)c1ccc(S(=O)(=O)N2CCC(C(=O)NC(C)c3cc(F)ccc3F)CC2)cc1. The Labute approximate surface area is 191 Å². The summed E-state index contributed by atoms with van der Waals surface area (Å²) >= 11 is 0. The van der Waals surface area contributed by atoms with Crippen LogP contribution in [0.15, 0.2) is 47.4 Å². The van der Waals surface area contributed by atoms with Crippen molar-refractivity contribution in [3.63, 3.8) is 0 Å². The molecule has 1 saturated heterocycles. The lowest BCUT2D eigenvalue weighted by Crippen LogP contribution is -2.43. The first-order valence-corrected chi connectivity index (χ1v) is 12.1. The first kappa shape index (κ1) is 24.8. The van der Waals surface area contributed by atoms with Crippen LogP contribution in [0.4, 0.5) is 8.78 Å². The summed E-state index contributed by atoms with van der Waals surface area (Å²) in [5.41, 5.74) is 0.310. The van der Waals surface area contributed by atoms with Gasteiger partial charge in [-0.2, -0.15) is 4.31 Å². The number of nitrogens with zero attached hydrogens (tertiary/aromatic N) is 1.